The van der Waals surface area contributed by atoms with E-state index in [2.05, 4.69) is 0 Å². The molecule has 1 aliphatic heterocycles. The van der Waals surface area contributed by atoms with E-state index in [1.54, 1.807) is 31.2 Å². The third-order valence-corrected chi connectivity index (χ3v) is 3.15. The Morgan fingerprint density at radius 3 is 2.40 bits per heavy atom. The number of ether oxygens (including phenoxy) is 2. The Bertz CT molecular complexity index is 489. The third-order valence-electron chi connectivity index (χ3n) is 3.15. The van der Waals surface area contributed by atoms with E-state index in [4.69, 9.17) is 14.6 Å². The summed E-state index contributed by atoms with van der Waals surface area (Å²) in [5.41, 5.74) is 0.760. The molecule has 0 aliphatic carbocycles. The van der Waals surface area contributed by atoms with Gasteiger partial charge in [0.15, 0.2) is 6.10 Å². The molecule has 1 aromatic carbocycles. The number of carboxylic acids is 1. The summed E-state index contributed by atoms with van der Waals surface area (Å²) in [5, 5.41) is 37.9. The minimum atomic E-state index is -1.72. The van der Waals surface area contributed by atoms with Gasteiger partial charge in [0.25, 0.3) is 0 Å². The van der Waals surface area contributed by atoms with Crippen LogP contribution in [0.2, 0.25) is 0 Å². The number of carboxylic acid groups (broad SMARTS) is 1. The predicted molar refractivity (Wildman–Crippen MR) is 66.1 cm³/mol. The summed E-state index contributed by atoms with van der Waals surface area (Å²) < 4.78 is 10.4. The van der Waals surface area contributed by atoms with Crippen LogP contribution in [0, 0.1) is 6.92 Å². The van der Waals surface area contributed by atoms with Crippen LogP contribution in [-0.4, -0.2) is 57.1 Å². The number of carbonyl (C=O) groups is 1. The molecule has 110 valence electrons. The highest BCUT2D eigenvalue weighted by Gasteiger charge is 2.48. The molecule has 1 heterocycles. The second-order valence-corrected chi connectivity index (χ2v) is 4.62. The molecule has 7 heteroatoms. The molecule has 2 rings (SSSR count). The van der Waals surface area contributed by atoms with Crippen molar-refractivity contribution < 1.29 is 34.7 Å². The maximum atomic E-state index is 10.9. The minimum Gasteiger partial charge on any atom is -0.479 e. The Morgan fingerprint density at radius 2 is 1.80 bits per heavy atom. The molecule has 0 amide bonds. The number of aryl methyl sites for hydroxylation is 1. The monoisotopic (exact) mass is 284 g/mol. The van der Waals surface area contributed by atoms with Crippen molar-refractivity contribution in [1.82, 2.24) is 0 Å². The van der Waals surface area contributed by atoms with E-state index in [1.165, 1.54) is 0 Å². The fourth-order valence-corrected chi connectivity index (χ4v) is 1.96. The number of hydrogen-bond donors (Lipinski definition) is 4. The second kappa shape index (κ2) is 5.76. The van der Waals surface area contributed by atoms with E-state index in [1.807, 2.05) is 0 Å². The molecule has 5 unspecified atom stereocenters. The van der Waals surface area contributed by atoms with Gasteiger partial charge in [0.2, 0.25) is 6.29 Å². The normalized spacial score (nSPS) is 33.7. The predicted octanol–water partition coefficient (Wildman–Crippen LogP) is -0.734. The Morgan fingerprint density at radius 1 is 1.15 bits per heavy atom. The number of rotatable bonds is 3. The first-order valence-corrected chi connectivity index (χ1v) is 6.06. The maximum absolute atomic E-state index is 10.9. The summed E-state index contributed by atoms with van der Waals surface area (Å²) in [6.07, 6.45) is -7.99. The minimum absolute atomic E-state index is 0.393. The van der Waals surface area contributed by atoms with E-state index in [-0.39, 0.29) is 0 Å². The van der Waals surface area contributed by atoms with Gasteiger partial charge < -0.3 is 29.9 Å². The van der Waals surface area contributed by atoms with Crippen LogP contribution in [0.1, 0.15) is 5.56 Å². The average molecular weight is 284 g/mol. The van der Waals surface area contributed by atoms with Crippen molar-refractivity contribution >= 4 is 5.97 Å². The molecule has 0 saturated carbocycles. The molecule has 0 aromatic heterocycles. The lowest BCUT2D eigenvalue weighted by atomic mass is 9.99. The van der Waals surface area contributed by atoms with Gasteiger partial charge in [-0.05, 0) is 18.6 Å². The first kappa shape index (κ1) is 14.7. The van der Waals surface area contributed by atoms with Gasteiger partial charge in [0.05, 0.1) is 0 Å². The Kier molecular flexibility index (Phi) is 4.24. The zero-order valence-corrected chi connectivity index (χ0v) is 10.7. The maximum Gasteiger partial charge on any atom is 0.335 e. The van der Waals surface area contributed by atoms with Crippen LogP contribution in [0.15, 0.2) is 24.3 Å². The van der Waals surface area contributed by atoms with E-state index < -0.39 is 36.7 Å². The molecule has 1 fully saturated rings. The molecule has 0 bridgehead atoms. The van der Waals surface area contributed by atoms with E-state index in [0.717, 1.165) is 5.56 Å². The number of aliphatic hydroxyl groups is 3. The molecule has 0 radical (unpaired) electrons. The fraction of sp³-hybridized carbons (Fsp3) is 0.462. The van der Waals surface area contributed by atoms with E-state index in [9.17, 15) is 20.1 Å². The van der Waals surface area contributed by atoms with E-state index >= 15 is 0 Å². The molecule has 20 heavy (non-hydrogen) atoms. The first-order valence-electron chi connectivity index (χ1n) is 6.06. The molecule has 7 nitrogen and oxygen atoms in total. The highest BCUT2D eigenvalue weighted by Crippen LogP contribution is 2.26. The highest BCUT2D eigenvalue weighted by molar-refractivity contribution is 5.73. The van der Waals surface area contributed by atoms with Crippen LogP contribution in [0.5, 0.6) is 5.75 Å². The molecular weight excluding hydrogens is 268 g/mol. The van der Waals surface area contributed by atoms with Crippen LogP contribution in [0.4, 0.5) is 0 Å². The topological polar surface area (TPSA) is 116 Å². The van der Waals surface area contributed by atoms with Crippen LogP contribution in [-0.2, 0) is 9.53 Å². The van der Waals surface area contributed by atoms with Crippen LogP contribution in [0.3, 0.4) is 0 Å². The van der Waals surface area contributed by atoms with Crippen molar-refractivity contribution in [2.24, 2.45) is 0 Å². The average Bonchev–Trinajstić information content (AvgIpc) is 2.41. The molecule has 4 N–H and O–H groups in total. The van der Waals surface area contributed by atoms with Crippen molar-refractivity contribution in [3.05, 3.63) is 29.8 Å². The van der Waals surface area contributed by atoms with Crippen molar-refractivity contribution in [3.63, 3.8) is 0 Å². The van der Waals surface area contributed by atoms with Gasteiger partial charge in [0.1, 0.15) is 24.1 Å². The molecule has 1 saturated heterocycles. The number of benzene rings is 1. The lowest BCUT2D eigenvalue weighted by Crippen LogP contribution is -2.61. The first-order chi connectivity index (χ1) is 9.41. The Labute approximate surface area is 115 Å². The summed E-state index contributed by atoms with van der Waals surface area (Å²) in [6.45, 7) is 1.77. The lowest BCUT2D eigenvalue weighted by molar-refractivity contribution is -0.271. The molecule has 0 spiro atoms. The largest absolute Gasteiger partial charge is 0.479 e. The summed E-state index contributed by atoms with van der Waals surface area (Å²) in [5.74, 6) is -1.05. The smallest absolute Gasteiger partial charge is 0.335 e. The number of aliphatic hydroxyl groups excluding tert-OH is 3. The highest BCUT2D eigenvalue weighted by atomic mass is 16.7. The van der Waals surface area contributed by atoms with Crippen LogP contribution >= 0.6 is 0 Å². The van der Waals surface area contributed by atoms with Crippen molar-refractivity contribution in [3.8, 4) is 5.75 Å². The number of para-hydroxylation sites is 1. The zero-order valence-electron chi connectivity index (χ0n) is 10.7. The van der Waals surface area contributed by atoms with Crippen molar-refractivity contribution in [1.29, 1.82) is 0 Å². The van der Waals surface area contributed by atoms with Gasteiger partial charge in [-0.2, -0.15) is 0 Å². The number of hydrogen-bond acceptors (Lipinski definition) is 6. The Balaban J connectivity index is 2.18. The van der Waals surface area contributed by atoms with Gasteiger partial charge in [-0.1, -0.05) is 18.2 Å². The lowest BCUT2D eigenvalue weighted by Gasteiger charge is -2.38. The second-order valence-electron chi connectivity index (χ2n) is 4.62. The summed E-state index contributed by atoms with van der Waals surface area (Å²) in [7, 11) is 0. The summed E-state index contributed by atoms with van der Waals surface area (Å²) >= 11 is 0. The van der Waals surface area contributed by atoms with Gasteiger partial charge in [-0.25, -0.2) is 4.79 Å². The van der Waals surface area contributed by atoms with Crippen molar-refractivity contribution in [2.75, 3.05) is 0 Å². The summed E-state index contributed by atoms with van der Waals surface area (Å²) in [4.78, 5) is 10.9. The third kappa shape index (κ3) is 2.75. The molecule has 5 atom stereocenters. The van der Waals surface area contributed by atoms with Gasteiger partial charge in [-0.3, -0.25) is 0 Å². The molecule has 1 aromatic rings. The quantitative estimate of drug-likeness (QED) is 0.578. The molecular formula is C13H16O7. The van der Waals surface area contributed by atoms with Gasteiger partial charge in [0, 0.05) is 0 Å². The van der Waals surface area contributed by atoms with E-state index in [0.29, 0.717) is 5.75 Å². The van der Waals surface area contributed by atoms with Gasteiger partial charge in [-0.15, -0.1) is 0 Å². The standard InChI is InChI=1S/C13H16O7/c1-6-4-2-3-5-7(6)19-13-10(16)8(14)9(15)11(20-13)12(17)18/h2-5,8-11,13-16H,1H3,(H,17,18). The fourth-order valence-electron chi connectivity index (χ4n) is 1.96. The van der Waals surface area contributed by atoms with Gasteiger partial charge >= 0.3 is 5.97 Å². The summed E-state index contributed by atoms with van der Waals surface area (Å²) in [6, 6.07) is 6.89. The van der Waals surface area contributed by atoms with Crippen LogP contribution < -0.4 is 4.74 Å². The Hall–Kier alpha value is -1.67. The SMILES string of the molecule is Cc1ccccc1OC1OC(C(=O)O)C(O)C(O)C1O. The number of aliphatic carboxylic acids is 1. The zero-order chi connectivity index (χ0) is 14.9. The van der Waals surface area contributed by atoms with Crippen LogP contribution in [0.25, 0.3) is 0 Å². The van der Waals surface area contributed by atoms with Crippen molar-refractivity contribution in [2.45, 2.75) is 37.6 Å². The molecule has 1 aliphatic rings.